The largest absolute Gasteiger partial charge is 0.399 e. The summed E-state index contributed by atoms with van der Waals surface area (Å²) in [6.07, 6.45) is 0. The van der Waals surface area contributed by atoms with Crippen LogP contribution in [0.1, 0.15) is 19.5 Å². The summed E-state index contributed by atoms with van der Waals surface area (Å²) in [5.41, 5.74) is 8.80. The lowest BCUT2D eigenvalue weighted by molar-refractivity contribution is 0.324. The second-order valence-electron chi connectivity index (χ2n) is 4.91. The topological polar surface area (TPSA) is 42.2 Å². The molecular formula is C16H23N3S. The van der Waals surface area contributed by atoms with Gasteiger partial charge in [-0.2, -0.15) is 0 Å². The van der Waals surface area contributed by atoms with Crippen molar-refractivity contribution in [3.63, 3.8) is 0 Å². The number of hydrogen-bond acceptors (Lipinski definition) is 4. The molecule has 0 unspecified atom stereocenters. The molecule has 0 saturated heterocycles. The predicted molar refractivity (Wildman–Crippen MR) is 89.4 cm³/mol. The van der Waals surface area contributed by atoms with Crippen LogP contribution in [0.3, 0.4) is 0 Å². The monoisotopic (exact) mass is 289 g/mol. The number of nitrogens with zero attached hydrogens (tertiary/aromatic N) is 2. The number of aryl methyl sites for hydroxylation is 1. The second-order valence-corrected chi connectivity index (χ2v) is 6.05. The van der Waals surface area contributed by atoms with Gasteiger partial charge >= 0.3 is 0 Å². The minimum atomic E-state index is 0.800. The van der Waals surface area contributed by atoms with Crippen molar-refractivity contribution in [2.24, 2.45) is 0 Å². The number of aromatic nitrogens is 1. The van der Waals surface area contributed by atoms with Gasteiger partial charge in [-0.15, -0.1) is 11.8 Å². The van der Waals surface area contributed by atoms with E-state index < -0.39 is 0 Å². The van der Waals surface area contributed by atoms with Gasteiger partial charge in [0, 0.05) is 34.0 Å². The number of hydrogen-bond donors (Lipinski definition) is 1. The summed E-state index contributed by atoms with van der Waals surface area (Å²) in [6.45, 7) is 9.80. The Balaban J connectivity index is 2.18. The van der Waals surface area contributed by atoms with Crippen molar-refractivity contribution in [1.29, 1.82) is 0 Å². The van der Waals surface area contributed by atoms with Gasteiger partial charge in [0.25, 0.3) is 0 Å². The molecular weight excluding hydrogens is 266 g/mol. The fourth-order valence-electron chi connectivity index (χ4n) is 2.28. The highest BCUT2D eigenvalue weighted by molar-refractivity contribution is 7.99. The lowest BCUT2D eigenvalue weighted by Crippen LogP contribution is -2.25. The Morgan fingerprint density at radius 3 is 2.65 bits per heavy atom. The maximum Gasteiger partial charge on any atom is 0.0717 e. The molecule has 3 nitrogen and oxygen atoms in total. The molecule has 1 heterocycles. The van der Waals surface area contributed by atoms with Gasteiger partial charge < -0.3 is 10.6 Å². The highest BCUT2D eigenvalue weighted by Crippen LogP contribution is 2.29. The molecule has 0 aliphatic rings. The van der Waals surface area contributed by atoms with Crippen LogP contribution in [0, 0.1) is 6.92 Å². The van der Waals surface area contributed by atoms with E-state index in [1.807, 2.05) is 36.9 Å². The summed E-state index contributed by atoms with van der Waals surface area (Å²) >= 11 is 1.89. The number of fused-ring (bicyclic) bond motifs is 1. The Hall–Kier alpha value is -1.26. The third kappa shape index (κ3) is 3.64. The fraction of sp³-hybridized carbons (Fsp3) is 0.438. The SMILES string of the molecule is CCN(CC)CCSc1cc(C)nc2ccc(N)cc12. The van der Waals surface area contributed by atoms with E-state index in [9.17, 15) is 0 Å². The molecule has 0 saturated carbocycles. The van der Waals surface area contributed by atoms with Gasteiger partial charge in [0.05, 0.1) is 5.52 Å². The van der Waals surface area contributed by atoms with E-state index >= 15 is 0 Å². The van der Waals surface area contributed by atoms with Crippen LogP contribution < -0.4 is 5.73 Å². The molecule has 1 aromatic heterocycles. The van der Waals surface area contributed by atoms with Gasteiger partial charge in [-0.3, -0.25) is 4.98 Å². The quantitative estimate of drug-likeness (QED) is 0.652. The molecule has 0 radical (unpaired) electrons. The second kappa shape index (κ2) is 6.95. The van der Waals surface area contributed by atoms with Crippen molar-refractivity contribution >= 4 is 28.4 Å². The first-order chi connectivity index (χ1) is 9.63. The molecule has 20 heavy (non-hydrogen) atoms. The first-order valence-corrected chi connectivity index (χ1v) is 8.14. The third-order valence-electron chi connectivity index (χ3n) is 3.48. The Morgan fingerprint density at radius 1 is 1.20 bits per heavy atom. The Morgan fingerprint density at radius 2 is 1.95 bits per heavy atom. The number of anilines is 1. The van der Waals surface area contributed by atoms with Gasteiger partial charge in [0.2, 0.25) is 0 Å². The lowest BCUT2D eigenvalue weighted by atomic mass is 10.2. The van der Waals surface area contributed by atoms with Gasteiger partial charge in [-0.25, -0.2) is 0 Å². The van der Waals surface area contributed by atoms with Crippen molar-refractivity contribution in [1.82, 2.24) is 9.88 Å². The van der Waals surface area contributed by atoms with Gasteiger partial charge in [0.1, 0.15) is 0 Å². The molecule has 0 aliphatic heterocycles. The molecule has 0 aliphatic carbocycles. The summed E-state index contributed by atoms with van der Waals surface area (Å²) < 4.78 is 0. The maximum absolute atomic E-state index is 5.91. The van der Waals surface area contributed by atoms with E-state index in [-0.39, 0.29) is 0 Å². The number of nitrogens with two attached hydrogens (primary N) is 1. The van der Waals surface area contributed by atoms with Crippen molar-refractivity contribution in [3.8, 4) is 0 Å². The molecule has 0 bridgehead atoms. The number of nitrogen functional groups attached to an aromatic ring is 1. The van der Waals surface area contributed by atoms with Crippen LogP contribution in [0.5, 0.6) is 0 Å². The van der Waals surface area contributed by atoms with Crippen molar-refractivity contribution in [2.45, 2.75) is 25.7 Å². The molecule has 2 aromatic rings. The number of benzene rings is 1. The Kier molecular flexibility index (Phi) is 5.26. The van der Waals surface area contributed by atoms with Crippen LogP contribution in [0.2, 0.25) is 0 Å². The first-order valence-electron chi connectivity index (χ1n) is 7.16. The van der Waals surface area contributed by atoms with Crippen LogP contribution in [0.25, 0.3) is 10.9 Å². The molecule has 108 valence electrons. The summed E-state index contributed by atoms with van der Waals surface area (Å²) in [5, 5.41) is 1.17. The van der Waals surface area contributed by atoms with E-state index in [1.165, 1.54) is 10.3 Å². The molecule has 0 amide bonds. The average molecular weight is 289 g/mol. The van der Waals surface area contributed by atoms with E-state index in [2.05, 4.69) is 29.8 Å². The standard InChI is InChI=1S/C16H23N3S/c1-4-19(5-2)8-9-20-16-10-12(3)18-15-7-6-13(17)11-14(15)16/h6-7,10-11H,4-5,8-9,17H2,1-3H3. The van der Waals surface area contributed by atoms with E-state index in [1.54, 1.807) is 0 Å². The molecule has 4 heteroatoms. The van der Waals surface area contributed by atoms with Crippen LogP contribution in [-0.2, 0) is 0 Å². The van der Waals surface area contributed by atoms with Crippen LogP contribution in [0.4, 0.5) is 5.69 Å². The van der Waals surface area contributed by atoms with Crippen molar-refractivity contribution in [2.75, 3.05) is 31.1 Å². The zero-order valence-electron chi connectivity index (χ0n) is 12.5. The first kappa shape index (κ1) is 15.1. The number of thioether (sulfide) groups is 1. The summed E-state index contributed by atoms with van der Waals surface area (Å²) in [6, 6.07) is 8.11. The maximum atomic E-state index is 5.91. The van der Waals surface area contributed by atoms with Gasteiger partial charge in [0.15, 0.2) is 0 Å². The third-order valence-corrected chi connectivity index (χ3v) is 4.52. The summed E-state index contributed by atoms with van der Waals surface area (Å²) in [7, 11) is 0. The summed E-state index contributed by atoms with van der Waals surface area (Å²) in [4.78, 5) is 8.30. The molecule has 1 aromatic carbocycles. The molecule has 0 fully saturated rings. The zero-order valence-corrected chi connectivity index (χ0v) is 13.3. The summed E-state index contributed by atoms with van der Waals surface area (Å²) in [5.74, 6) is 1.09. The molecule has 2 rings (SSSR count). The molecule has 0 spiro atoms. The lowest BCUT2D eigenvalue weighted by Gasteiger charge is -2.17. The smallest absolute Gasteiger partial charge is 0.0717 e. The molecule has 0 atom stereocenters. The normalized spacial score (nSPS) is 11.4. The number of pyridine rings is 1. The fourth-order valence-corrected chi connectivity index (χ4v) is 3.42. The minimum Gasteiger partial charge on any atom is -0.399 e. The Bertz CT molecular complexity index is 579. The molecule has 2 N–H and O–H groups in total. The average Bonchev–Trinajstić information content (AvgIpc) is 2.44. The predicted octanol–water partition coefficient (Wildman–Crippen LogP) is 3.56. The van der Waals surface area contributed by atoms with Crippen LogP contribution in [-0.4, -0.2) is 35.3 Å². The van der Waals surface area contributed by atoms with E-state index in [4.69, 9.17) is 5.73 Å². The highest BCUT2D eigenvalue weighted by Gasteiger charge is 2.06. The number of rotatable bonds is 6. The minimum absolute atomic E-state index is 0.800. The van der Waals surface area contributed by atoms with Crippen molar-refractivity contribution < 1.29 is 0 Å². The highest BCUT2D eigenvalue weighted by atomic mass is 32.2. The van der Waals surface area contributed by atoms with E-state index in [0.717, 1.165) is 42.3 Å². The van der Waals surface area contributed by atoms with Crippen LogP contribution >= 0.6 is 11.8 Å². The van der Waals surface area contributed by atoms with Crippen molar-refractivity contribution in [3.05, 3.63) is 30.0 Å². The zero-order chi connectivity index (χ0) is 14.5. The van der Waals surface area contributed by atoms with Gasteiger partial charge in [-0.05, 0) is 44.3 Å². The Labute approximate surface area is 125 Å². The van der Waals surface area contributed by atoms with E-state index in [0.29, 0.717) is 0 Å². The van der Waals surface area contributed by atoms with Gasteiger partial charge in [-0.1, -0.05) is 13.8 Å². The van der Waals surface area contributed by atoms with Crippen LogP contribution in [0.15, 0.2) is 29.2 Å².